The van der Waals surface area contributed by atoms with Crippen LogP contribution in [-0.2, 0) is 6.18 Å². The fourth-order valence-corrected chi connectivity index (χ4v) is 5.01. The Bertz CT molecular complexity index is 1780. The predicted octanol–water partition coefficient (Wildman–Crippen LogP) is 5.49. The predicted molar refractivity (Wildman–Crippen MR) is 140 cm³/mol. The van der Waals surface area contributed by atoms with Crippen LogP contribution in [-0.4, -0.2) is 46.6 Å². The molecular formula is C26H21ClF5N9O2. The SMILES string of the molecule is COc1cc([C@H](CC2CC2)n2cc(-c3ncnn3C(F)F)cn2)[n+]([O-])cc1-c1cc(Cl)ccc1-n1cc(C(F)(F)F)nn1. The topological polar surface area (TPSA) is 115 Å². The normalized spacial score (nSPS) is 14.4. The second kappa shape index (κ2) is 10.9. The fourth-order valence-electron chi connectivity index (χ4n) is 4.84. The molecule has 6 rings (SSSR count). The maximum atomic E-state index is 13.6. The van der Waals surface area contributed by atoms with E-state index in [0.29, 0.717) is 21.8 Å². The lowest BCUT2D eigenvalue weighted by Crippen LogP contribution is -2.36. The Balaban J connectivity index is 1.43. The van der Waals surface area contributed by atoms with Crippen LogP contribution in [0.5, 0.6) is 5.75 Å². The standard InChI is InChI=1S/C26H21ClF5N9O2/c1-43-22-8-21(20(6-14-2-3-14)38-10-15(9-34-38)24-33-13-35-41(24)25(28)29)40(42)11-18(22)17-7-16(27)4-5-19(17)39-12-23(36-37-39)26(30,31)32/h4-5,7-14,20,25H,2-3,6H2,1H3/t20-/m0/s1. The Kier molecular flexibility index (Phi) is 7.23. The first-order valence-corrected chi connectivity index (χ1v) is 13.2. The van der Waals surface area contributed by atoms with E-state index in [4.69, 9.17) is 16.3 Å². The van der Waals surface area contributed by atoms with Crippen LogP contribution in [0.3, 0.4) is 0 Å². The van der Waals surface area contributed by atoms with Crippen LogP contribution >= 0.6 is 11.6 Å². The molecule has 1 saturated carbocycles. The number of aromatic nitrogens is 9. The molecular weight excluding hydrogens is 601 g/mol. The maximum Gasteiger partial charge on any atom is 0.436 e. The highest BCUT2D eigenvalue weighted by molar-refractivity contribution is 6.31. The first kappa shape index (κ1) is 28.5. The quantitative estimate of drug-likeness (QED) is 0.121. The van der Waals surface area contributed by atoms with E-state index in [1.54, 1.807) is 0 Å². The third kappa shape index (κ3) is 5.61. The zero-order chi connectivity index (χ0) is 30.5. The van der Waals surface area contributed by atoms with Crippen molar-refractivity contribution < 1.29 is 31.4 Å². The first-order chi connectivity index (χ1) is 20.5. The Morgan fingerprint density at radius 3 is 2.60 bits per heavy atom. The summed E-state index contributed by atoms with van der Waals surface area (Å²) >= 11 is 6.25. The summed E-state index contributed by atoms with van der Waals surface area (Å²) in [7, 11) is 1.39. The molecule has 0 unspecified atom stereocenters. The highest BCUT2D eigenvalue weighted by Gasteiger charge is 2.36. The number of nitrogens with zero attached hydrogens (tertiary/aromatic N) is 9. The minimum absolute atomic E-state index is 0.0790. The van der Waals surface area contributed by atoms with Gasteiger partial charge in [-0.1, -0.05) is 29.7 Å². The number of rotatable bonds is 9. The molecule has 0 aliphatic heterocycles. The molecule has 0 spiro atoms. The van der Waals surface area contributed by atoms with E-state index >= 15 is 0 Å². The molecule has 17 heteroatoms. The van der Waals surface area contributed by atoms with Crippen molar-refractivity contribution in [2.75, 3.05) is 7.11 Å². The molecule has 5 aromatic rings. The third-order valence-corrected chi connectivity index (χ3v) is 7.31. The van der Waals surface area contributed by atoms with Gasteiger partial charge in [-0.15, -0.1) is 5.10 Å². The molecule has 1 atom stereocenters. The number of hydrogen-bond acceptors (Lipinski definition) is 7. The molecule has 0 amide bonds. The van der Waals surface area contributed by atoms with Gasteiger partial charge in [0, 0.05) is 16.8 Å². The average Bonchev–Trinajstić information content (AvgIpc) is 3.37. The van der Waals surface area contributed by atoms with Crippen molar-refractivity contribution in [3.05, 3.63) is 77.0 Å². The van der Waals surface area contributed by atoms with Gasteiger partial charge >= 0.3 is 12.7 Å². The van der Waals surface area contributed by atoms with E-state index in [1.165, 1.54) is 54.6 Å². The summed E-state index contributed by atoms with van der Waals surface area (Å²) < 4.78 is 75.6. The maximum absolute atomic E-state index is 13.6. The number of methoxy groups -OCH3 is 1. The van der Waals surface area contributed by atoms with Gasteiger partial charge in [-0.05, 0) is 30.5 Å². The summed E-state index contributed by atoms with van der Waals surface area (Å²) in [5.74, 6) is 0.472. The molecule has 224 valence electrons. The Hall–Kier alpha value is -4.60. The lowest BCUT2D eigenvalue weighted by Gasteiger charge is -2.20. The van der Waals surface area contributed by atoms with Gasteiger partial charge in [-0.3, -0.25) is 4.68 Å². The Morgan fingerprint density at radius 1 is 1.14 bits per heavy atom. The number of halogens is 6. The molecule has 0 bridgehead atoms. The van der Waals surface area contributed by atoms with E-state index in [2.05, 4.69) is 25.5 Å². The highest BCUT2D eigenvalue weighted by atomic mass is 35.5. The van der Waals surface area contributed by atoms with Crippen LogP contribution in [0.15, 0.2) is 55.4 Å². The number of ether oxygens (including phenoxy) is 1. The van der Waals surface area contributed by atoms with Crippen molar-refractivity contribution in [1.82, 2.24) is 39.5 Å². The molecule has 1 aliphatic rings. The van der Waals surface area contributed by atoms with Crippen LogP contribution in [0.4, 0.5) is 22.0 Å². The van der Waals surface area contributed by atoms with Gasteiger partial charge in [0.15, 0.2) is 17.7 Å². The molecule has 43 heavy (non-hydrogen) atoms. The monoisotopic (exact) mass is 621 g/mol. The summed E-state index contributed by atoms with van der Waals surface area (Å²) in [6.07, 6.45) is 3.63. The minimum Gasteiger partial charge on any atom is -0.618 e. The molecule has 1 fully saturated rings. The lowest BCUT2D eigenvalue weighted by atomic mass is 10.0. The third-order valence-electron chi connectivity index (χ3n) is 7.08. The van der Waals surface area contributed by atoms with Crippen molar-refractivity contribution in [1.29, 1.82) is 0 Å². The van der Waals surface area contributed by atoms with Gasteiger partial charge in [0.1, 0.15) is 18.1 Å². The van der Waals surface area contributed by atoms with Crippen molar-refractivity contribution in [2.45, 2.75) is 38.0 Å². The van der Waals surface area contributed by atoms with Crippen molar-refractivity contribution >= 4 is 11.6 Å². The van der Waals surface area contributed by atoms with Gasteiger partial charge in [-0.2, -0.15) is 41.6 Å². The molecule has 0 saturated heterocycles. The van der Waals surface area contributed by atoms with Crippen LogP contribution in [0.1, 0.15) is 43.2 Å². The average molecular weight is 622 g/mol. The molecule has 1 aromatic carbocycles. The van der Waals surface area contributed by atoms with E-state index in [-0.39, 0.29) is 44.7 Å². The Morgan fingerprint density at radius 2 is 1.93 bits per heavy atom. The molecule has 1 aliphatic carbocycles. The van der Waals surface area contributed by atoms with Gasteiger partial charge < -0.3 is 9.94 Å². The second-order valence-corrected chi connectivity index (χ2v) is 10.4. The van der Waals surface area contributed by atoms with Crippen molar-refractivity contribution in [3.8, 4) is 34.0 Å². The first-order valence-electron chi connectivity index (χ1n) is 12.9. The zero-order valence-corrected chi connectivity index (χ0v) is 22.9. The van der Waals surface area contributed by atoms with E-state index in [1.807, 2.05) is 0 Å². The molecule has 4 heterocycles. The van der Waals surface area contributed by atoms with E-state index in [9.17, 15) is 27.2 Å². The Labute approximate surface area is 244 Å². The molecule has 4 aromatic heterocycles. The summed E-state index contributed by atoms with van der Waals surface area (Å²) in [5.41, 5.74) is 0.0240. The smallest absolute Gasteiger partial charge is 0.436 e. The number of benzene rings is 1. The minimum atomic E-state index is -4.71. The van der Waals surface area contributed by atoms with Crippen molar-refractivity contribution in [3.63, 3.8) is 0 Å². The van der Waals surface area contributed by atoms with Crippen LogP contribution in [0.2, 0.25) is 5.02 Å². The number of pyridine rings is 1. The summed E-state index contributed by atoms with van der Waals surface area (Å²) in [6.45, 7) is -2.90. The summed E-state index contributed by atoms with van der Waals surface area (Å²) in [5, 5.41) is 28.6. The van der Waals surface area contributed by atoms with Crippen LogP contribution in [0.25, 0.3) is 28.2 Å². The van der Waals surface area contributed by atoms with Gasteiger partial charge in [0.2, 0.25) is 5.69 Å². The molecule has 0 N–H and O–H groups in total. The summed E-state index contributed by atoms with van der Waals surface area (Å²) in [4.78, 5) is 3.92. The van der Waals surface area contributed by atoms with E-state index < -0.39 is 24.5 Å². The number of alkyl halides is 5. The number of hydrogen-bond donors (Lipinski definition) is 0. The highest BCUT2D eigenvalue weighted by Crippen LogP contribution is 2.41. The summed E-state index contributed by atoms with van der Waals surface area (Å²) in [6, 6.07) is 5.31. The van der Waals surface area contributed by atoms with Crippen LogP contribution in [0, 0.1) is 11.1 Å². The van der Waals surface area contributed by atoms with Crippen LogP contribution < -0.4 is 9.47 Å². The molecule has 0 radical (unpaired) electrons. The lowest BCUT2D eigenvalue weighted by molar-refractivity contribution is -0.615. The van der Waals surface area contributed by atoms with Crippen molar-refractivity contribution in [2.24, 2.45) is 5.92 Å². The molecule has 11 nitrogen and oxygen atoms in total. The zero-order valence-electron chi connectivity index (χ0n) is 22.2. The van der Waals surface area contributed by atoms with Gasteiger partial charge in [-0.25, -0.2) is 9.67 Å². The second-order valence-electron chi connectivity index (χ2n) is 9.92. The van der Waals surface area contributed by atoms with Gasteiger partial charge in [0.25, 0.3) is 0 Å². The van der Waals surface area contributed by atoms with E-state index in [0.717, 1.165) is 30.0 Å². The fraction of sp³-hybridized carbons (Fsp3) is 0.308. The largest absolute Gasteiger partial charge is 0.618 e. The van der Waals surface area contributed by atoms with Gasteiger partial charge in [0.05, 0.1) is 42.4 Å².